The molecule has 3 aromatic carbocycles. The number of amides is 2. The van der Waals surface area contributed by atoms with Gasteiger partial charge in [0.15, 0.2) is 6.17 Å². The van der Waals surface area contributed by atoms with E-state index in [0.717, 1.165) is 28.1 Å². The van der Waals surface area contributed by atoms with Crippen molar-refractivity contribution < 1.29 is 14.7 Å². The Morgan fingerprint density at radius 1 is 1.08 bits per heavy atom. The number of nitrogens with one attached hydrogen (secondary N) is 3. The van der Waals surface area contributed by atoms with E-state index in [-0.39, 0.29) is 29.9 Å². The molecule has 4 N–H and O–H groups in total. The molecule has 2 unspecified atom stereocenters. The molecular formula is C30H36N4O3. The molecule has 4 rings (SSSR count). The first-order chi connectivity index (χ1) is 17.6. The Kier molecular flexibility index (Phi) is 7.66. The van der Waals surface area contributed by atoms with Gasteiger partial charge < -0.3 is 20.6 Å². The minimum atomic E-state index is -0.628. The Morgan fingerprint density at radius 2 is 1.78 bits per heavy atom. The number of carbonyl (C=O) groups excluding carboxylic acids is 2. The second kappa shape index (κ2) is 10.7. The smallest absolute Gasteiger partial charge is 0.259 e. The molecule has 1 aliphatic rings. The van der Waals surface area contributed by atoms with E-state index < -0.39 is 6.17 Å². The van der Waals surface area contributed by atoms with Crippen LogP contribution in [0.25, 0.3) is 0 Å². The summed E-state index contributed by atoms with van der Waals surface area (Å²) in [5.41, 5.74) is 6.02. The minimum absolute atomic E-state index is 0.0236. The van der Waals surface area contributed by atoms with Crippen molar-refractivity contribution in [2.45, 2.75) is 51.9 Å². The fraction of sp³-hybridized carbons (Fsp3) is 0.333. The predicted molar refractivity (Wildman–Crippen MR) is 148 cm³/mol. The van der Waals surface area contributed by atoms with E-state index in [0.29, 0.717) is 12.1 Å². The van der Waals surface area contributed by atoms with Crippen molar-refractivity contribution in [3.63, 3.8) is 0 Å². The Balaban J connectivity index is 1.52. The molecule has 0 aromatic heterocycles. The molecule has 1 fully saturated rings. The van der Waals surface area contributed by atoms with E-state index >= 15 is 0 Å². The van der Waals surface area contributed by atoms with Crippen LogP contribution in [0.3, 0.4) is 0 Å². The van der Waals surface area contributed by atoms with E-state index in [2.05, 4.69) is 36.7 Å². The topological polar surface area (TPSA) is 93.7 Å². The summed E-state index contributed by atoms with van der Waals surface area (Å²) in [5, 5.41) is 19.2. The van der Waals surface area contributed by atoms with Gasteiger partial charge in [0.2, 0.25) is 0 Å². The highest BCUT2D eigenvalue weighted by atomic mass is 16.3. The molecule has 1 heterocycles. The first-order valence-corrected chi connectivity index (χ1v) is 12.6. The lowest BCUT2D eigenvalue weighted by Gasteiger charge is -2.38. The van der Waals surface area contributed by atoms with Crippen molar-refractivity contribution >= 4 is 23.2 Å². The molecule has 2 atom stereocenters. The van der Waals surface area contributed by atoms with Crippen molar-refractivity contribution in [3.8, 4) is 0 Å². The van der Waals surface area contributed by atoms with Gasteiger partial charge in [0.05, 0.1) is 12.6 Å². The largest absolute Gasteiger partial charge is 0.392 e. The summed E-state index contributed by atoms with van der Waals surface area (Å²) in [7, 11) is 1.79. The number of aliphatic hydroxyl groups excluding tert-OH is 1. The maximum absolute atomic E-state index is 13.0. The third kappa shape index (κ3) is 6.01. The molecule has 37 heavy (non-hydrogen) atoms. The SMILES string of the molecule is Cc1c(NC(=O)c2ccc(C(C)(C)C)cc2)cccc1C1CN(C)C(=O)C(Nc2cccc(CO)c2)N1. The fourth-order valence-corrected chi connectivity index (χ4v) is 4.61. The number of piperazine rings is 1. The maximum atomic E-state index is 13.0. The van der Waals surface area contributed by atoms with E-state index in [1.54, 1.807) is 11.9 Å². The molecule has 7 heteroatoms. The molecule has 0 bridgehead atoms. The monoisotopic (exact) mass is 500 g/mol. The van der Waals surface area contributed by atoms with Crippen molar-refractivity contribution in [1.82, 2.24) is 10.2 Å². The minimum Gasteiger partial charge on any atom is -0.392 e. The lowest BCUT2D eigenvalue weighted by atomic mass is 9.86. The zero-order valence-electron chi connectivity index (χ0n) is 22.1. The van der Waals surface area contributed by atoms with Gasteiger partial charge in [-0.1, -0.05) is 57.2 Å². The number of anilines is 2. The van der Waals surface area contributed by atoms with Crippen molar-refractivity contribution in [2.75, 3.05) is 24.2 Å². The number of nitrogens with zero attached hydrogens (tertiary/aromatic N) is 1. The van der Waals surface area contributed by atoms with Crippen LogP contribution in [0.2, 0.25) is 0 Å². The van der Waals surface area contributed by atoms with Gasteiger partial charge in [-0.3, -0.25) is 14.9 Å². The van der Waals surface area contributed by atoms with Crippen LogP contribution in [-0.4, -0.2) is 41.6 Å². The van der Waals surface area contributed by atoms with Gasteiger partial charge in [0.25, 0.3) is 11.8 Å². The standard InChI is InChI=1S/C30H36N4O3/c1-19-24(10-7-11-25(19)33-28(36)21-12-14-22(15-13-21)30(2,3)4)26-17-34(5)29(37)27(32-26)31-23-9-6-8-20(16-23)18-35/h6-16,26-27,31-32,35H,17-18H2,1-5H3,(H,33,36). The molecule has 0 spiro atoms. The first-order valence-electron chi connectivity index (χ1n) is 12.6. The Morgan fingerprint density at radius 3 is 2.46 bits per heavy atom. The summed E-state index contributed by atoms with van der Waals surface area (Å²) >= 11 is 0. The van der Waals surface area contributed by atoms with Crippen molar-refractivity contribution in [3.05, 3.63) is 94.5 Å². The normalized spacial score (nSPS) is 18.0. The third-order valence-electron chi connectivity index (χ3n) is 6.88. The van der Waals surface area contributed by atoms with E-state index in [1.807, 2.05) is 73.7 Å². The third-order valence-corrected chi connectivity index (χ3v) is 6.88. The summed E-state index contributed by atoms with van der Waals surface area (Å²) < 4.78 is 0. The summed E-state index contributed by atoms with van der Waals surface area (Å²) in [6, 6.07) is 20.8. The maximum Gasteiger partial charge on any atom is 0.259 e. The second-order valence-electron chi connectivity index (χ2n) is 10.7. The molecule has 0 radical (unpaired) electrons. The molecule has 1 aliphatic heterocycles. The zero-order chi connectivity index (χ0) is 26.7. The van der Waals surface area contributed by atoms with Gasteiger partial charge in [-0.25, -0.2) is 0 Å². The average Bonchev–Trinajstić information content (AvgIpc) is 2.87. The predicted octanol–water partition coefficient (Wildman–Crippen LogP) is 4.58. The number of hydrogen-bond donors (Lipinski definition) is 4. The molecule has 2 amide bonds. The summed E-state index contributed by atoms with van der Waals surface area (Å²) in [6.45, 7) is 8.86. The van der Waals surface area contributed by atoms with Crippen LogP contribution in [0.4, 0.5) is 11.4 Å². The van der Waals surface area contributed by atoms with Gasteiger partial charge in [0, 0.05) is 30.5 Å². The van der Waals surface area contributed by atoms with Crippen LogP contribution >= 0.6 is 0 Å². The summed E-state index contributed by atoms with van der Waals surface area (Å²) in [4.78, 5) is 27.6. The van der Waals surface area contributed by atoms with Gasteiger partial charge >= 0.3 is 0 Å². The lowest BCUT2D eigenvalue weighted by Crippen LogP contribution is -2.58. The van der Waals surface area contributed by atoms with Gasteiger partial charge in [0.1, 0.15) is 0 Å². The zero-order valence-corrected chi connectivity index (χ0v) is 22.1. The average molecular weight is 501 g/mol. The van der Waals surface area contributed by atoms with Crippen LogP contribution in [0.5, 0.6) is 0 Å². The molecule has 0 aliphatic carbocycles. The summed E-state index contributed by atoms with van der Waals surface area (Å²) in [6.07, 6.45) is -0.628. The molecule has 7 nitrogen and oxygen atoms in total. The van der Waals surface area contributed by atoms with Crippen molar-refractivity contribution in [1.29, 1.82) is 0 Å². The number of rotatable bonds is 6. The van der Waals surface area contributed by atoms with E-state index in [4.69, 9.17) is 0 Å². The van der Waals surface area contributed by atoms with Crippen LogP contribution < -0.4 is 16.0 Å². The van der Waals surface area contributed by atoms with Crippen LogP contribution in [0, 0.1) is 6.92 Å². The Hall–Kier alpha value is -3.68. The molecule has 3 aromatic rings. The lowest BCUT2D eigenvalue weighted by molar-refractivity contribution is -0.134. The van der Waals surface area contributed by atoms with E-state index in [1.165, 1.54) is 5.56 Å². The summed E-state index contributed by atoms with van der Waals surface area (Å²) in [5.74, 6) is -0.223. The molecule has 0 saturated carbocycles. The Bertz CT molecular complexity index is 1280. The second-order valence-corrected chi connectivity index (χ2v) is 10.7. The first kappa shape index (κ1) is 26.4. The van der Waals surface area contributed by atoms with Crippen LogP contribution in [0.15, 0.2) is 66.7 Å². The number of benzene rings is 3. The van der Waals surface area contributed by atoms with Crippen LogP contribution in [-0.2, 0) is 16.8 Å². The molecule has 1 saturated heterocycles. The Labute approximate surface area is 218 Å². The number of likely N-dealkylation sites (N-methyl/N-ethyl adjacent to an activating group) is 1. The number of carbonyl (C=O) groups is 2. The van der Waals surface area contributed by atoms with E-state index in [9.17, 15) is 14.7 Å². The van der Waals surface area contributed by atoms with Gasteiger partial charge in [-0.05, 0) is 64.9 Å². The number of aliphatic hydroxyl groups is 1. The van der Waals surface area contributed by atoms with Gasteiger partial charge in [-0.2, -0.15) is 0 Å². The van der Waals surface area contributed by atoms with Crippen LogP contribution in [0.1, 0.15) is 59.4 Å². The van der Waals surface area contributed by atoms with Gasteiger partial charge in [-0.15, -0.1) is 0 Å². The number of hydrogen-bond acceptors (Lipinski definition) is 5. The van der Waals surface area contributed by atoms with Crippen molar-refractivity contribution in [2.24, 2.45) is 0 Å². The fourth-order valence-electron chi connectivity index (χ4n) is 4.61. The highest BCUT2D eigenvalue weighted by Crippen LogP contribution is 2.29. The molecule has 194 valence electrons. The quantitative estimate of drug-likeness (QED) is 0.398. The highest BCUT2D eigenvalue weighted by Gasteiger charge is 2.33. The highest BCUT2D eigenvalue weighted by molar-refractivity contribution is 6.04. The molecular weight excluding hydrogens is 464 g/mol.